The van der Waals surface area contributed by atoms with Gasteiger partial charge in [0.15, 0.2) is 0 Å². The van der Waals surface area contributed by atoms with Gasteiger partial charge < -0.3 is 19.4 Å². The van der Waals surface area contributed by atoms with Gasteiger partial charge in [-0.25, -0.2) is 0 Å². The molecule has 2 N–H and O–H groups in total. The molecular formula is C17H18N2O4. The first-order valence-electron chi connectivity index (χ1n) is 7.31. The number of hydrogen-bond donors (Lipinski definition) is 2. The lowest BCUT2D eigenvalue weighted by Crippen LogP contribution is -2.38. The lowest BCUT2D eigenvalue weighted by Gasteiger charge is -2.21. The minimum atomic E-state index is -1.33. The number of aliphatic hydroxyl groups is 1. The maximum absolute atomic E-state index is 12.2. The molecule has 0 aliphatic rings. The van der Waals surface area contributed by atoms with Crippen molar-refractivity contribution < 1.29 is 18.8 Å². The van der Waals surface area contributed by atoms with E-state index in [0.29, 0.717) is 28.4 Å². The fourth-order valence-corrected chi connectivity index (χ4v) is 2.48. The van der Waals surface area contributed by atoms with Gasteiger partial charge in [-0.3, -0.25) is 4.79 Å². The number of carbonyl (C=O) groups excluding carboxylic acids is 1. The number of para-hydroxylation sites is 1. The molecule has 1 amide bonds. The van der Waals surface area contributed by atoms with Gasteiger partial charge in [-0.2, -0.15) is 0 Å². The van der Waals surface area contributed by atoms with Gasteiger partial charge in [0.1, 0.15) is 28.3 Å². The first kappa shape index (κ1) is 15.3. The van der Waals surface area contributed by atoms with E-state index in [2.05, 4.69) is 10.5 Å². The molecule has 2 heterocycles. The van der Waals surface area contributed by atoms with Crippen molar-refractivity contribution in [1.29, 1.82) is 0 Å². The van der Waals surface area contributed by atoms with Gasteiger partial charge in [0.2, 0.25) is 0 Å². The Morgan fingerprint density at radius 2 is 2.09 bits per heavy atom. The summed E-state index contributed by atoms with van der Waals surface area (Å²) in [5.74, 6) is 0.513. The van der Waals surface area contributed by atoms with Crippen LogP contribution < -0.4 is 5.32 Å². The van der Waals surface area contributed by atoms with Crippen molar-refractivity contribution >= 4 is 16.9 Å². The summed E-state index contributed by atoms with van der Waals surface area (Å²) in [6.45, 7) is 4.98. The Morgan fingerprint density at radius 3 is 2.74 bits per heavy atom. The van der Waals surface area contributed by atoms with Crippen molar-refractivity contribution in [3.63, 3.8) is 0 Å². The zero-order valence-corrected chi connectivity index (χ0v) is 13.2. The average molecular weight is 314 g/mol. The molecular weight excluding hydrogens is 296 g/mol. The van der Waals surface area contributed by atoms with Crippen LogP contribution in [-0.4, -0.2) is 22.7 Å². The molecule has 120 valence electrons. The number of aryl methyl sites for hydroxylation is 2. The maximum Gasteiger partial charge on any atom is 0.256 e. The molecule has 6 nitrogen and oxygen atoms in total. The zero-order valence-electron chi connectivity index (χ0n) is 13.2. The van der Waals surface area contributed by atoms with Crippen molar-refractivity contribution in [2.75, 3.05) is 6.54 Å². The summed E-state index contributed by atoms with van der Waals surface area (Å²) >= 11 is 0. The highest BCUT2D eigenvalue weighted by atomic mass is 16.5. The molecule has 0 radical (unpaired) electrons. The molecule has 0 aliphatic heterocycles. The third kappa shape index (κ3) is 2.85. The van der Waals surface area contributed by atoms with Crippen molar-refractivity contribution in [2.24, 2.45) is 0 Å². The van der Waals surface area contributed by atoms with Crippen LogP contribution in [0.4, 0.5) is 0 Å². The van der Waals surface area contributed by atoms with E-state index in [4.69, 9.17) is 8.94 Å². The van der Waals surface area contributed by atoms with E-state index in [1.807, 2.05) is 24.3 Å². The number of benzene rings is 1. The average Bonchev–Trinajstić information content (AvgIpc) is 3.09. The van der Waals surface area contributed by atoms with Gasteiger partial charge >= 0.3 is 0 Å². The molecule has 0 bridgehead atoms. The Hall–Kier alpha value is -2.60. The smallest absolute Gasteiger partial charge is 0.256 e. The standard InChI is InChI=1S/C17H18N2O4/c1-10-15(11(2)23-19-10)16(20)18-9-17(3,21)14-8-12-6-4-5-7-13(12)22-14/h4-8,21H,9H2,1-3H3,(H,18,20)/t17-/m0/s1. The number of aromatic nitrogens is 1. The summed E-state index contributed by atoms with van der Waals surface area (Å²) in [6, 6.07) is 9.27. The molecule has 3 rings (SSSR count). The molecule has 0 aliphatic carbocycles. The second-order valence-electron chi connectivity index (χ2n) is 5.80. The number of rotatable bonds is 4. The van der Waals surface area contributed by atoms with Gasteiger partial charge in [-0.05, 0) is 32.9 Å². The van der Waals surface area contributed by atoms with Gasteiger partial charge in [-0.15, -0.1) is 0 Å². The van der Waals surface area contributed by atoms with Crippen LogP contribution in [0, 0.1) is 13.8 Å². The predicted molar refractivity (Wildman–Crippen MR) is 84.1 cm³/mol. The molecule has 0 saturated heterocycles. The van der Waals surface area contributed by atoms with Crippen molar-refractivity contribution in [2.45, 2.75) is 26.4 Å². The van der Waals surface area contributed by atoms with Gasteiger partial charge in [0.25, 0.3) is 5.91 Å². The van der Waals surface area contributed by atoms with Gasteiger partial charge in [-0.1, -0.05) is 23.4 Å². The lowest BCUT2D eigenvalue weighted by molar-refractivity contribution is 0.0344. The number of nitrogens with one attached hydrogen (secondary N) is 1. The molecule has 0 unspecified atom stereocenters. The zero-order chi connectivity index (χ0) is 16.6. The largest absolute Gasteiger partial charge is 0.458 e. The molecule has 0 saturated carbocycles. The van der Waals surface area contributed by atoms with Crippen LogP contribution >= 0.6 is 0 Å². The van der Waals surface area contributed by atoms with E-state index in [1.54, 1.807) is 26.8 Å². The molecule has 6 heteroatoms. The van der Waals surface area contributed by atoms with Crippen molar-refractivity contribution in [3.8, 4) is 0 Å². The van der Waals surface area contributed by atoms with Gasteiger partial charge in [0, 0.05) is 5.39 Å². The molecule has 1 aromatic carbocycles. The summed E-state index contributed by atoms with van der Waals surface area (Å²) < 4.78 is 10.7. The topological polar surface area (TPSA) is 88.5 Å². The van der Waals surface area contributed by atoms with Crippen molar-refractivity contribution in [3.05, 3.63) is 53.1 Å². The Bertz CT molecular complexity index is 808. The first-order valence-corrected chi connectivity index (χ1v) is 7.31. The Balaban J connectivity index is 1.77. The van der Waals surface area contributed by atoms with E-state index in [-0.39, 0.29) is 12.5 Å². The molecule has 0 spiro atoms. The molecule has 23 heavy (non-hydrogen) atoms. The highest BCUT2D eigenvalue weighted by Crippen LogP contribution is 2.27. The molecule has 0 fully saturated rings. The number of fused-ring (bicyclic) bond motifs is 1. The number of hydrogen-bond acceptors (Lipinski definition) is 5. The van der Waals surface area contributed by atoms with Crippen LogP contribution in [0.25, 0.3) is 11.0 Å². The van der Waals surface area contributed by atoms with Crippen molar-refractivity contribution in [1.82, 2.24) is 10.5 Å². The van der Waals surface area contributed by atoms with Crippen LogP contribution in [0.3, 0.4) is 0 Å². The van der Waals surface area contributed by atoms with Crippen LogP contribution in [0.2, 0.25) is 0 Å². The minimum absolute atomic E-state index is 0.00964. The summed E-state index contributed by atoms with van der Waals surface area (Å²) in [4.78, 5) is 12.2. The SMILES string of the molecule is Cc1noc(C)c1C(=O)NC[C@](C)(O)c1cc2ccccc2o1. The fraction of sp³-hybridized carbons (Fsp3) is 0.294. The highest BCUT2D eigenvalue weighted by Gasteiger charge is 2.29. The van der Waals surface area contributed by atoms with Crippen LogP contribution in [0.1, 0.15) is 34.5 Å². The third-order valence-corrected chi connectivity index (χ3v) is 3.81. The van der Waals surface area contributed by atoms with Crippen LogP contribution in [0.5, 0.6) is 0 Å². The fourth-order valence-electron chi connectivity index (χ4n) is 2.48. The summed E-state index contributed by atoms with van der Waals surface area (Å²) in [6.07, 6.45) is 0. The van der Waals surface area contributed by atoms with E-state index in [9.17, 15) is 9.90 Å². The Kier molecular flexibility index (Phi) is 3.69. The second-order valence-corrected chi connectivity index (χ2v) is 5.80. The maximum atomic E-state index is 12.2. The predicted octanol–water partition coefficient (Wildman–Crippen LogP) is 2.68. The number of carbonyl (C=O) groups is 1. The monoisotopic (exact) mass is 314 g/mol. The third-order valence-electron chi connectivity index (χ3n) is 3.81. The number of furan rings is 1. The second kappa shape index (κ2) is 5.55. The van der Waals surface area contributed by atoms with E-state index in [0.717, 1.165) is 5.39 Å². The quantitative estimate of drug-likeness (QED) is 0.773. The summed E-state index contributed by atoms with van der Waals surface area (Å²) in [7, 11) is 0. The van der Waals surface area contributed by atoms with Crippen LogP contribution in [-0.2, 0) is 5.60 Å². The molecule has 3 aromatic rings. The van der Waals surface area contributed by atoms with E-state index in [1.165, 1.54) is 0 Å². The summed E-state index contributed by atoms with van der Waals surface area (Å²) in [5.41, 5.74) is 0.279. The highest BCUT2D eigenvalue weighted by molar-refractivity contribution is 5.96. The van der Waals surface area contributed by atoms with E-state index >= 15 is 0 Å². The molecule has 1 atom stereocenters. The Labute approximate surface area is 133 Å². The molecule has 2 aromatic heterocycles. The first-order chi connectivity index (χ1) is 10.9. The summed E-state index contributed by atoms with van der Waals surface area (Å²) in [5, 5.41) is 18.0. The number of amides is 1. The van der Waals surface area contributed by atoms with E-state index < -0.39 is 5.60 Å². The Morgan fingerprint density at radius 1 is 1.35 bits per heavy atom. The number of nitrogens with zero attached hydrogens (tertiary/aromatic N) is 1. The minimum Gasteiger partial charge on any atom is -0.458 e. The van der Waals surface area contributed by atoms with Gasteiger partial charge in [0.05, 0.1) is 12.2 Å². The normalized spacial score (nSPS) is 13.9. The lowest BCUT2D eigenvalue weighted by atomic mass is 10.0. The van der Waals surface area contributed by atoms with Crippen LogP contribution in [0.15, 0.2) is 39.3 Å².